The third kappa shape index (κ3) is 2.59. The van der Waals surface area contributed by atoms with Gasteiger partial charge in [-0.05, 0) is 39.6 Å². The lowest BCUT2D eigenvalue weighted by atomic mass is 9.99. The monoisotopic (exact) mass is 201 g/mol. The summed E-state index contributed by atoms with van der Waals surface area (Å²) in [5.74, 6) is 0.606. The fraction of sp³-hybridized carbons (Fsp3) is 0.250. The summed E-state index contributed by atoms with van der Waals surface area (Å²) < 4.78 is 0. The Kier molecular flexibility index (Phi) is 3.50. The number of aliphatic imine (C=N–C) groups is 1. The highest BCUT2D eigenvalue weighted by molar-refractivity contribution is 6.21. The molecule has 0 aliphatic carbocycles. The molecule has 1 aromatic rings. The Bertz CT molecular complexity index is 409. The summed E-state index contributed by atoms with van der Waals surface area (Å²) >= 11 is 0. The van der Waals surface area contributed by atoms with Gasteiger partial charge < -0.3 is 5.41 Å². The van der Waals surface area contributed by atoms with Crippen LogP contribution >= 0.6 is 0 Å². The van der Waals surface area contributed by atoms with Crippen LogP contribution in [0.4, 0.5) is 5.82 Å². The molecule has 0 saturated heterocycles. The SMILES string of the molecule is C=Nc1ccc(C(C(C)=N)=C(C)C)cn1. The van der Waals surface area contributed by atoms with Crippen LogP contribution in [-0.2, 0) is 0 Å². The minimum absolute atomic E-state index is 0.552. The van der Waals surface area contributed by atoms with Gasteiger partial charge in [-0.25, -0.2) is 9.98 Å². The molecule has 15 heavy (non-hydrogen) atoms. The van der Waals surface area contributed by atoms with Gasteiger partial charge in [0.2, 0.25) is 0 Å². The molecular weight excluding hydrogens is 186 g/mol. The molecule has 1 aromatic heterocycles. The van der Waals surface area contributed by atoms with Gasteiger partial charge in [0.1, 0.15) is 0 Å². The van der Waals surface area contributed by atoms with Crippen LogP contribution in [0.15, 0.2) is 28.9 Å². The molecule has 3 nitrogen and oxygen atoms in total. The number of allylic oxidation sites excluding steroid dienone is 2. The van der Waals surface area contributed by atoms with E-state index >= 15 is 0 Å². The van der Waals surface area contributed by atoms with Crippen LogP contribution in [-0.4, -0.2) is 17.4 Å². The average Bonchev–Trinajstić information content (AvgIpc) is 2.18. The number of rotatable bonds is 3. The van der Waals surface area contributed by atoms with Gasteiger partial charge in [-0.2, -0.15) is 0 Å². The molecule has 0 aromatic carbocycles. The van der Waals surface area contributed by atoms with Gasteiger partial charge in [0.15, 0.2) is 5.82 Å². The van der Waals surface area contributed by atoms with E-state index in [1.54, 1.807) is 19.2 Å². The summed E-state index contributed by atoms with van der Waals surface area (Å²) in [4.78, 5) is 7.85. The molecule has 0 aliphatic rings. The van der Waals surface area contributed by atoms with E-state index in [2.05, 4.69) is 16.7 Å². The number of hydrogen-bond donors (Lipinski definition) is 1. The normalized spacial score (nSPS) is 9.53. The zero-order chi connectivity index (χ0) is 11.4. The van der Waals surface area contributed by atoms with Crippen LogP contribution in [0.1, 0.15) is 26.3 Å². The predicted octanol–water partition coefficient (Wildman–Crippen LogP) is 3.25. The highest BCUT2D eigenvalue weighted by Gasteiger charge is 2.06. The van der Waals surface area contributed by atoms with E-state index in [9.17, 15) is 0 Å². The molecule has 0 spiro atoms. The predicted molar refractivity (Wildman–Crippen MR) is 65.1 cm³/mol. The first kappa shape index (κ1) is 11.3. The summed E-state index contributed by atoms with van der Waals surface area (Å²) in [5, 5.41) is 7.70. The molecule has 78 valence electrons. The van der Waals surface area contributed by atoms with Crippen molar-refractivity contribution < 1.29 is 0 Å². The van der Waals surface area contributed by atoms with E-state index in [0.717, 1.165) is 16.7 Å². The smallest absolute Gasteiger partial charge is 0.151 e. The first-order valence-electron chi connectivity index (χ1n) is 4.72. The van der Waals surface area contributed by atoms with Gasteiger partial charge in [-0.1, -0.05) is 5.57 Å². The summed E-state index contributed by atoms with van der Waals surface area (Å²) in [6, 6.07) is 3.71. The zero-order valence-electron chi connectivity index (χ0n) is 9.33. The van der Waals surface area contributed by atoms with Crippen molar-refractivity contribution in [2.24, 2.45) is 4.99 Å². The topological polar surface area (TPSA) is 49.1 Å². The van der Waals surface area contributed by atoms with Crippen LogP contribution in [0.2, 0.25) is 0 Å². The first-order valence-corrected chi connectivity index (χ1v) is 4.72. The minimum Gasteiger partial charge on any atom is -0.305 e. The Morgan fingerprint density at radius 2 is 2.00 bits per heavy atom. The van der Waals surface area contributed by atoms with Crippen LogP contribution in [0.3, 0.4) is 0 Å². The highest BCUT2D eigenvalue weighted by atomic mass is 14.9. The van der Waals surface area contributed by atoms with Crippen LogP contribution in [0.25, 0.3) is 5.57 Å². The van der Waals surface area contributed by atoms with E-state index in [1.165, 1.54) is 0 Å². The van der Waals surface area contributed by atoms with Gasteiger partial charge in [-0.15, -0.1) is 0 Å². The second-order valence-corrected chi connectivity index (χ2v) is 3.56. The van der Waals surface area contributed by atoms with Gasteiger partial charge in [0.05, 0.1) is 0 Å². The second-order valence-electron chi connectivity index (χ2n) is 3.56. The summed E-state index contributed by atoms with van der Waals surface area (Å²) in [6.07, 6.45) is 1.73. The van der Waals surface area contributed by atoms with Crippen LogP contribution in [0, 0.1) is 5.41 Å². The van der Waals surface area contributed by atoms with Crippen LogP contribution < -0.4 is 0 Å². The largest absolute Gasteiger partial charge is 0.305 e. The fourth-order valence-electron chi connectivity index (χ4n) is 1.51. The molecule has 0 radical (unpaired) electrons. The number of nitrogens with one attached hydrogen (secondary N) is 1. The molecule has 1 rings (SSSR count). The number of aromatic nitrogens is 1. The quantitative estimate of drug-likeness (QED) is 0.750. The molecule has 1 heterocycles. The van der Waals surface area contributed by atoms with Crippen molar-refractivity contribution >= 4 is 23.8 Å². The molecule has 0 saturated carbocycles. The minimum atomic E-state index is 0.552. The Balaban J connectivity index is 3.20. The van der Waals surface area contributed by atoms with Gasteiger partial charge >= 0.3 is 0 Å². The van der Waals surface area contributed by atoms with Crippen molar-refractivity contribution in [3.63, 3.8) is 0 Å². The fourth-order valence-corrected chi connectivity index (χ4v) is 1.51. The summed E-state index contributed by atoms with van der Waals surface area (Å²) in [5.41, 5.74) is 3.56. The Morgan fingerprint density at radius 1 is 1.33 bits per heavy atom. The summed E-state index contributed by atoms with van der Waals surface area (Å²) in [6.45, 7) is 9.17. The van der Waals surface area contributed by atoms with Crippen molar-refractivity contribution in [1.82, 2.24) is 4.98 Å². The average molecular weight is 201 g/mol. The van der Waals surface area contributed by atoms with E-state index in [0.29, 0.717) is 11.5 Å². The number of hydrogen-bond acceptors (Lipinski definition) is 3. The number of nitrogens with zero attached hydrogens (tertiary/aromatic N) is 2. The van der Waals surface area contributed by atoms with E-state index in [1.807, 2.05) is 19.9 Å². The third-order valence-electron chi connectivity index (χ3n) is 2.07. The highest BCUT2D eigenvalue weighted by Crippen LogP contribution is 2.20. The van der Waals surface area contributed by atoms with Crippen molar-refractivity contribution in [3.05, 3.63) is 29.5 Å². The van der Waals surface area contributed by atoms with Gasteiger partial charge in [-0.3, -0.25) is 0 Å². The number of pyridine rings is 1. The molecule has 3 heteroatoms. The molecule has 1 N–H and O–H groups in total. The third-order valence-corrected chi connectivity index (χ3v) is 2.07. The van der Waals surface area contributed by atoms with Crippen molar-refractivity contribution in [2.75, 3.05) is 0 Å². The lowest BCUT2D eigenvalue weighted by molar-refractivity contribution is 1.26. The maximum atomic E-state index is 7.70. The summed E-state index contributed by atoms with van der Waals surface area (Å²) in [7, 11) is 0. The first-order chi connectivity index (χ1) is 7.06. The lowest BCUT2D eigenvalue weighted by Crippen LogP contribution is -1.97. The molecule has 0 unspecified atom stereocenters. The van der Waals surface area contributed by atoms with Gasteiger partial charge in [0.25, 0.3) is 0 Å². The molecule has 0 fully saturated rings. The van der Waals surface area contributed by atoms with Crippen molar-refractivity contribution in [3.8, 4) is 0 Å². The standard InChI is InChI=1S/C12H15N3/c1-8(2)12(9(3)13)10-5-6-11(14-4)15-7-10/h5-7,13H,4H2,1-3H3. The second kappa shape index (κ2) is 4.64. The zero-order valence-corrected chi connectivity index (χ0v) is 9.33. The lowest BCUT2D eigenvalue weighted by Gasteiger charge is -2.08. The Hall–Kier alpha value is -1.77. The van der Waals surface area contributed by atoms with E-state index in [4.69, 9.17) is 5.41 Å². The molecule has 0 aliphatic heterocycles. The van der Waals surface area contributed by atoms with Gasteiger partial charge in [0, 0.05) is 23.0 Å². The molecule has 0 atom stereocenters. The maximum Gasteiger partial charge on any atom is 0.151 e. The maximum absolute atomic E-state index is 7.70. The van der Waals surface area contributed by atoms with Crippen molar-refractivity contribution in [2.45, 2.75) is 20.8 Å². The van der Waals surface area contributed by atoms with Crippen LogP contribution in [0.5, 0.6) is 0 Å². The van der Waals surface area contributed by atoms with Crippen molar-refractivity contribution in [1.29, 1.82) is 5.41 Å². The van der Waals surface area contributed by atoms with E-state index < -0.39 is 0 Å². The van der Waals surface area contributed by atoms with E-state index in [-0.39, 0.29) is 0 Å². The molecule has 0 bridgehead atoms. The molecule has 0 amide bonds. The Labute approximate surface area is 90.1 Å². The molecular formula is C12H15N3. The Morgan fingerprint density at radius 3 is 2.33 bits per heavy atom.